The summed E-state index contributed by atoms with van der Waals surface area (Å²) in [6, 6.07) is 0. The minimum absolute atomic E-state index is 0.0563. The smallest absolute Gasteiger partial charge is 0.257 e. The molecule has 0 fully saturated rings. The monoisotopic (exact) mass is 258 g/mol. The predicted molar refractivity (Wildman–Crippen MR) is 59.5 cm³/mol. The van der Waals surface area contributed by atoms with Crippen LogP contribution < -0.4 is 4.72 Å². The van der Waals surface area contributed by atoms with E-state index in [-0.39, 0.29) is 11.6 Å². The second-order valence-electron chi connectivity index (χ2n) is 3.12. The van der Waals surface area contributed by atoms with Crippen molar-refractivity contribution in [1.82, 2.24) is 19.7 Å². The zero-order valence-corrected chi connectivity index (χ0v) is 10.1. The van der Waals surface area contributed by atoms with E-state index in [1.54, 1.807) is 0 Å². The van der Waals surface area contributed by atoms with E-state index in [1.807, 2.05) is 12.3 Å². The first kappa shape index (κ1) is 11.2. The van der Waals surface area contributed by atoms with E-state index in [0.29, 0.717) is 0 Å². The molecule has 0 aliphatic carbocycles. The van der Waals surface area contributed by atoms with Gasteiger partial charge in [-0.05, 0) is 6.92 Å². The van der Waals surface area contributed by atoms with Crippen molar-refractivity contribution in [2.24, 2.45) is 0 Å². The van der Waals surface area contributed by atoms with E-state index in [1.165, 1.54) is 23.9 Å². The number of hydrogen-bond donors (Lipinski definition) is 2. The molecule has 2 N–H and O–H groups in total. The van der Waals surface area contributed by atoms with Crippen molar-refractivity contribution in [2.45, 2.75) is 18.5 Å². The van der Waals surface area contributed by atoms with Crippen LogP contribution in [0, 0.1) is 6.92 Å². The van der Waals surface area contributed by atoms with Gasteiger partial charge in [-0.3, -0.25) is 0 Å². The molecule has 2 rings (SSSR count). The molecular weight excluding hydrogens is 248 g/mol. The van der Waals surface area contributed by atoms with Crippen LogP contribution in [0.2, 0.25) is 0 Å². The molecule has 6 nitrogen and oxygen atoms in total. The van der Waals surface area contributed by atoms with E-state index < -0.39 is 10.0 Å². The number of aromatic nitrogens is 3. The van der Waals surface area contributed by atoms with E-state index in [0.717, 1.165) is 10.7 Å². The summed E-state index contributed by atoms with van der Waals surface area (Å²) in [5, 5.41) is 2.67. The molecule has 0 unspecified atom stereocenters. The molecule has 0 aliphatic heterocycles. The maximum Gasteiger partial charge on any atom is 0.257 e. The Morgan fingerprint density at radius 2 is 2.38 bits per heavy atom. The van der Waals surface area contributed by atoms with Crippen molar-refractivity contribution in [3.05, 3.63) is 28.6 Å². The first-order valence-corrected chi connectivity index (χ1v) is 6.83. The van der Waals surface area contributed by atoms with Crippen LogP contribution in [-0.4, -0.2) is 23.4 Å². The predicted octanol–water partition coefficient (Wildman–Crippen LogP) is 0.653. The second-order valence-corrected chi connectivity index (χ2v) is 5.80. The minimum Gasteiger partial charge on any atom is -0.335 e. The maximum absolute atomic E-state index is 11.7. The topological polar surface area (TPSA) is 87.7 Å². The normalized spacial score (nSPS) is 11.8. The van der Waals surface area contributed by atoms with Crippen molar-refractivity contribution in [2.75, 3.05) is 0 Å². The number of aromatic amines is 1. The molecule has 2 aromatic rings. The second kappa shape index (κ2) is 4.32. The number of rotatable bonds is 4. The number of nitrogens with one attached hydrogen (secondary N) is 2. The number of imidazole rings is 1. The standard InChI is InChI=1S/C8H10N4O2S2/c1-6-4-15-7(12-6)2-11-16(13,14)8-3-9-5-10-8/h3-5,11H,2H2,1H3,(H,9,10). The molecule has 0 saturated heterocycles. The van der Waals surface area contributed by atoms with Gasteiger partial charge >= 0.3 is 0 Å². The molecule has 16 heavy (non-hydrogen) atoms. The molecule has 86 valence electrons. The highest BCUT2D eigenvalue weighted by Gasteiger charge is 2.15. The van der Waals surface area contributed by atoms with E-state index in [2.05, 4.69) is 19.7 Å². The Morgan fingerprint density at radius 1 is 1.56 bits per heavy atom. The largest absolute Gasteiger partial charge is 0.335 e. The van der Waals surface area contributed by atoms with Gasteiger partial charge < -0.3 is 4.98 Å². The molecular formula is C8H10N4O2S2. The maximum atomic E-state index is 11.7. The molecule has 0 saturated carbocycles. The van der Waals surface area contributed by atoms with Crippen LogP contribution in [0.3, 0.4) is 0 Å². The Hall–Kier alpha value is -1.25. The first-order valence-electron chi connectivity index (χ1n) is 4.47. The third kappa shape index (κ3) is 2.46. The summed E-state index contributed by atoms with van der Waals surface area (Å²) in [6.07, 6.45) is 2.58. The molecule has 0 aliphatic rings. The lowest BCUT2D eigenvalue weighted by Gasteiger charge is -2.01. The average Bonchev–Trinajstić information content (AvgIpc) is 2.85. The molecule has 0 bridgehead atoms. The highest BCUT2D eigenvalue weighted by molar-refractivity contribution is 7.89. The van der Waals surface area contributed by atoms with E-state index in [9.17, 15) is 8.42 Å². The number of sulfonamides is 1. The summed E-state index contributed by atoms with van der Waals surface area (Å²) in [4.78, 5) is 10.4. The number of thiazole rings is 1. The highest BCUT2D eigenvalue weighted by Crippen LogP contribution is 2.09. The Labute approximate surface area is 96.8 Å². The summed E-state index contributed by atoms with van der Waals surface area (Å²) < 4.78 is 25.8. The summed E-state index contributed by atoms with van der Waals surface area (Å²) >= 11 is 1.42. The summed E-state index contributed by atoms with van der Waals surface area (Å²) in [5.74, 6) is 0. The minimum atomic E-state index is -3.51. The third-order valence-electron chi connectivity index (χ3n) is 1.84. The SMILES string of the molecule is Cc1csc(CNS(=O)(=O)c2cnc[nH]2)n1. The lowest BCUT2D eigenvalue weighted by molar-refractivity contribution is 0.578. The molecule has 0 atom stereocenters. The molecule has 0 radical (unpaired) electrons. The van der Waals surface area contributed by atoms with Crippen LogP contribution in [0.4, 0.5) is 0 Å². The molecule has 8 heteroatoms. The van der Waals surface area contributed by atoms with Gasteiger partial charge in [0.05, 0.1) is 19.1 Å². The number of hydrogen-bond acceptors (Lipinski definition) is 5. The Kier molecular flexibility index (Phi) is 3.03. The van der Waals surface area contributed by atoms with Crippen LogP contribution in [0.25, 0.3) is 0 Å². The van der Waals surface area contributed by atoms with Crippen LogP contribution in [0.1, 0.15) is 10.7 Å². The Morgan fingerprint density at radius 3 is 2.94 bits per heavy atom. The molecule has 2 heterocycles. The van der Waals surface area contributed by atoms with E-state index in [4.69, 9.17) is 0 Å². The van der Waals surface area contributed by atoms with Crippen molar-refractivity contribution in [3.8, 4) is 0 Å². The van der Waals surface area contributed by atoms with Crippen molar-refractivity contribution >= 4 is 21.4 Å². The summed E-state index contributed by atoms with van der Waals surface area (Å²) in [6.45, 7) is 2.06. The van der Waals surface area contributed by atoms with Crippen molar-refractivity contribution in [3.63, 3.8) is 0 Å². The van der Waals surface area contributed by atoms with Gasteiger partial charge in [0.1, 0.15) is 5.01 Å². The van der Waals surface area contributed by atoms with Gasteiger partial charge in [-0.1, -0.05) is 0 Å². The van der Waals surface area contributed by atoms with Crippen LogP contribution in [0.5, 0.6) is 0 Å². The number of aryl methyl sites for hydroxylation is 1. The van der Waals surface area contributed by atoms with Gasteiger partial charge in [0.25, 0.3) is 10.0 Å². The fourth-order valence-electron chi connectivity index (χ4n) is 1.11. The van der Waals surface area contributed by atoms with Gasteiger partial charge in [-0.25, -0.2) is 23.1 Å². The van der Waals surface area contributed by atoms with Crippen LogP contribution in [-0.2, 0) is 16.6 Å². The van der Waals surface area contributed by atoms with Crippen LogP contribution in [0.15, 0.2) is 22.9 Å². The Balaban J connectivity index is 2.06. The van der Waals surface area contributed by atoms with Gasteiger partial charge in [0.15, 0.2) is 5.03 Å². The third-order valence-corrected chi connectivity index (χ3v) is 4.14. The van der Waals surface area contributed by atoms with Gasteiger partial charge in [-0.15, -0.1) is 11.3 Å². The van der Waals surface area contributed by atoms with Crippen molar-refractivity contribution in [1.29, 1.82) is 0 Å². The highest BCUT2D eigenvalue weighted by atomic mass is 32.2. The van der Waals surface area contributed by atoms with Gasteiger partial charge in [0.2, 0.25) is 0 Å². The summed E-state index contributed by atoms with van der Waals surface area (Å²) in [7, 11) is -3.51. The fourth-order valence-corrected chi connectivity index (χ4v) is 2.80. The Bertz CT molecular complexity index is 559. The fraction of sp³-hybridized carbons (Fsp3) is 0.250. The molecule has 0 aromatic carbocycles. The lowest BCUT2D eigenvalue weighted by Crippen LogP contribution is -2.23. The van der Waals surface area contributed by atoms with Gasteiger partial charge in [-0.2, -0.15) is 0 Å². The lowest BCUT2D eigenvalue weighted by atomic mass is 10.6. The van der Waals surface area contributed by atoms with E-state index >= 15 is 0 Å². The zero-order chi connectivity index (χ0) is 11.6. The quantitative estimate of drug-likeness (QED) is 0.843. The molecule has 0 spiro atoms. The van der Waals surface area contributed by atoms with Crippen molar-refractivity contribution < 1.29 is 8.42 Å². The first-order chi connectivity index (χ1) is 7.58. The molecule has 2 aromatic heterocycles. The van der Waals surface area contributed by atoms with Gasteiger partial charge in [0, 0.05) is 11.1 Å². The molecule has 0 amide bonds. The number of H-pyrrole nitrogens is 1. The average molecular weight is 258 g/mol. The number of nitrogens with zero attached hydrogens (tertiary/aromatic N) is 2. The van der Waals surface area contributed by atoms with Crippen LogP contribution >= 0.6 is 11.3 Å². The summed E-state index contributed by atoms with van der Waals surface area (Å²) in [5.41, 5.74) is 0.890. The zero-order valence-electron chi connectivity index (χ0n) is 8.47.